The van der Waals surface area contributed by atoms with Crippen molar-refractivity contribution in [1.29, 1.82) is 5.26 Å². The molecule has 0 aromatic heterocycles. The van der Waals surface area contributed by atoms with Gasteiger partial charge in [-0.15, -0.1) is 0 Å². The molecular weight excluding hydrogens is 192 g/mol. The van der Waals surface area contributed by atoms with Crippen LogP contribution in [0.1, 0.15) is 26.2 Å². The fourth-order valence-corrected chi connectivity index (χ4v) is 2.37. The molecule has 2 heterocycles. The van der Waals surface area contributed by atoms with Crippen molar-refractivity contribution >= 4 is 0 Å². The molecule has 1 N–H and O–H groups in total. The largest absolute Gasteiger partial charge is 0.347 e. The van der Waals surface area contributed by atoms with E-state index in [1.807, 2.05) is 6.92 Å². The van der Waals surface area contributed by atoms with Crippen LogP contribution in [0.4, 0.5) is 0 Å². The van der Waals surface area contributed by atoms with Gasteiger partial charge in [0.1, 0.15) is 0 Å². The van der Waals surface area contributed by atoms with Gasteiger partial charge in [-0.2, -0.15) is 5.26 Å². The van der Waals surface area contributed by atoms with Crippen LogP contribution in [0.15, 0.2) is 0 Å². The second-order valence-electron chi connectivity index (χ2n) is 4.47. The normalized spacial score (nSPS) is 41.3. The number of rotatable bonds is 2. The fourth-order valence-electron chi connectivity index (χ4n) is 2.37. The molecule has 4 nitrogen and oxygen atoms in total. The second kappa shape index (κ2) is 4.48. The summed E-state index contributed by atoms with van der Waals surface area (Å²) in [6, 6.07) is 2.13. The summed E-state index contributed by atoms with van der Waals surface area (Å²) in [5.74, 6) is -0.0653. The minimum Gasteiger partial charge on any atom is -0.347 e. The summed E-state index contributed by atoms with van der Waals surface area (Å²) >= 11 is 0. The first-order chi connectivity index (χ1) is 7.24. The van der Waals surface area contributed by atoms with Gasteiger partial charge in [-0.25, -0.2) is 0 Å². The predicted octanol–water partition coefficient (Wildman–Crippen LogP) is 1.03. The molecule has 3 atom stereocenters. The van der Waals surface area contributed by atoms with Crippen molar-refractivity contribution < 1.29 is 9.47 Å². The number of nitrogens with zero attached hydrogens (tertiary/aromatic N) is 1. The maximum atomic E-state index is 8.61. The van der Waals surface area contributed by atoms with E-state index in [-0.39, 0.29) is 6.10 Å². The number of hydrogen-bond donors (Lipinski definition) is 1. The maximum absolute atomic E-state index is 8.61. The number of ether oxygens (including phenoxy) is 2. The van der Waals surface area contributed by atoms with Crippen LogP contribution in [-0.2, 0) is 9.47 Å². The third kappa shape index (κ3) is 2.31. The van der Waals surface area contributed by atoms with Crippen LogP contribution in [0.5, 0.6) is 0 Å². The van der Waals surface area contributed by atoms with Gasteiger partial charge in [-0.3, -0.25) is 0 Å². The predicted molar refractivity (Wildman–Crippen MR) is 55.1 cm³/mol. The van der Waals surface area contributed by atoms with Gasteiger partial charge in [0, 0.05) is 12.5 Å². The van der Waals surface area contributed by atoms with Gasteiger partial charge < -0.3 is 14.8 Å². The van der Waals surface area contributed by atoms with Crippen LogP contribution in [0, 0.1) is 17.2 Å². The molecule has 0 bridgehead atoms. The number of piperidine rings is 1. The summed E-state index contributed by atoms with van der Waals surface area (Å²) < 4.78 is 11.6. The van der Waals surface area contributed by atoms with Crippen molar-refractivity contribution in [2.45, 2.75) is 38.1 Å². The minimum absolute atomic E-state index is 0.0399. The molecule has 2 aliphatic rings. The Kier molecular flexibility index (Phi) is 3.25. The maximum Gasteiger partial charge on any atom is 0.170 e. The lowest BCUT2D eigenvalue weighted by Gasteiger charge is -2.35. The summed E-state index contributed by atoms with van der Waals surface area (Å²) in [6.07, 6.45) is 2.70. The monoisotopic (exact) mass is 210 g/mol. The first kappa shape index (κ1) is 10.9. The molecule has 0 aliphatic carbocycles. The van der Waals surface area contributed by atoms with E-state index in [0.29, 0.717) is 18.9 Å². The first-order valence-corrected chi connectivity index (χ1v) is 5.64. The van der Waals surface area contributed by atoms with E-state index >= 15 is 0 Å². The van der Waals surface area contributed by atoms with E-state index in [1.54, 1.807) is 0 Å². The van der Waals surface area contributed by atoms with Crippen LogP contribution >= 0.6 is 0 Å². The zero-order valence-corrected chi connectivity index (χ0v) is 9.16. The van der Waals surface area contributed by atoms with Gasteiger partial charge in [-0.1, -0.05) is 0 Å². The van der Waals surface area contributed by atoms with Gasteiger partial charge in [0.05, 0.1) is 25.2 Å². The molecule has 0 saturated carbocycles. The van der Waals surface area contributed by atoms with Gasteiger partial charge in [0.15, 0.2) is 5.79 Å². The zero-order valence-electron chi connectivity index (χ0n) is 9.16. The van der Waals surface area contributed by atoms with Gasteiger partial charge >= 0.3 is 0 Å². The van der Waals surface area contributed by atoms with Crippen molar-refractivity contribution in [2.75, 3.05) is 19.7 Å². The molecule has 2 saturated heterocycles. The Morgan fingerprint density at radius 1 is 1.60 bits per heavy atom. The van der Waals surface area contributed by atoms with E-state index in [4.69, 9.17) is 14.7 Å². The van der Waals surface area contributed by atoms with E-state index in [9.17, 15) is 0 Å². The highest BCUT2D eigenvalue weighted by Crippen LogP contribution is 2.35. The molecular formula is C11H18N2O2. The Morgan fingerprint density at radius 2 is 2.47 bits per heavy atom. The van der Waals surface area contributed by atoms with Gasteiger partial charge in [0.25, 0.3) is 0 Å². The van der Waals surface area contributed by atoms with Crippen LogP contribution < -0.4 is 5.32 Å². The van der Waals surface area contributed by atoms with Crippen molar-refractivity contribution in [3.05, 3.63) is 0 Å². The van der Waals surface area contributed by atoms with Gasteiger partial charge in [0.2, 0.25) is 0 Å². The quantitative estimate of drug-likeness (QED) is 0.739. The summed E-state index contributed by atoms with van der Waals surface area (Å²) in [5, 5.41) is 12.0. The third-order valence-corrected chi connectivity index (χ3v) is 3.31. The van der Waals surface area contributed by atoms with E-state index in [1.165, 1.54) is 6.42 Å². The third-order valence-electron chi connectivity index (χ3n) is 3.31. The number of nitriles is 1. The van der Waals surface area contributed by atoms with E-state index in [0.717, 1.165) is 19.5 Å². The van der Waals surface area contributed by atoms with E-state index in [2.05, 4.69) is 11.4 Å². The highest BCUT2D eigenvalue weighted by atomic mass is 16.7. The fraction of sp³-hybridized carbons (Fsp3) is 0.909. The molecule has 3 unspecified atom stereocenters. The highest BCUT2D eigenvalue weighted by molar-refractivity contribution is 4.88. The standard InChI is InChI=1S/C11H18N2O2/c1-11(9-3-2-6-13-7-9)14-8-10(15-11)4-5-12/h9-10,13H,2-4,6-8H2,1H3. The molecule has 2 fully saturated rings. The minimum atomic E-state index is -0.477. The Bertz CT molecular complexity index is 258. The molecule has 15 heavy (non-hydrogen) atoms. The van der Waals surface area contributed by atoms with Crippen LogP contribution in [-0.4, -0.2) is 31.6 Å². The summed E-state index contributed by atoms with van der Waals surface area (Å²) in [7, 11) is 0. The average Bonchev–Trinajstić information content (AvgIpc) is 2.64. The lowest BCUT2D eigenvalue weighted by Crippen LogP contribution is -2.45. The van der Waals surface area contributed by atoms with E-state index < -0.39 is 5.79 Å². The molecule has 0 aromatic carbocycles. The molecule has 2 rings (SSSR count). The van der Waals surface area contributed by atoms with Crippen LogP contribution in [0.25, 0.3) is 0 Å². The highest BCUT2D eigenvalue weighted by Gasteiger charge is 2.43. The Balaban J connectivity index is 1.93. The Hall–Kier alpha value is -0.630. The summed E-state index contributed by atoms with van der Waals surface area (Å²) in [6.45, 7) is 4.60. The number of nitrogens with one attached hydrogen (secondary N) is 1. The molecule has 84 valence electrons. The lowest BCUT2D eigenvalue weighted by molar-refractivity contribution is -0.193. The van der Waals surface area contributed by atoms with Gasteiger partial charge in [-0.05, 0) is 26.3 Å². The van der Waals surface area contributed by atoms with Crippen molar-refractivity contribution in [3.63, 3.8) is 0 Å². The Labute approximate surface area is 90.5 Å². The average molecular weight is 210 g/mol. The smallest absolute Gasteiger partial charge is 0.170 e. The first-order valence-electron chi connectivity index (χ1n) is 5.64. The number of hydrogen-bond acceptors (Lipinski definition) is 4. The topological polar surface area (TPSA) is 54.3 Å². The van der Waals surface area contributed by atoms with Crippen LogP contribution in [0.2, 0.25) is 0 Å². The lowest BCUT2D eigenvalue weighted by atomic mass is 9.92. The Morgan fingerprint density at radius 3 is 3.13 bits per heavy atom. The van der Waals surface area contributed by atoms with Crippen molar-refractivity contribution in [1.82, 2.24) is 5.32 Å². The zero-order chi connectivity index (χ0) is 10.7. The van der Waals surface area contributed by atoms with Crippen molar-refractivity contribution in [3.8, 4) is 6.07 Å². The SMILES string of the molecule is CC1(C2CCCNC2)OCC(CC#N)O1. The molecule has 0 aromatic rings. The van der Waals surface area contributed by atoms with Crippen LogP contribution in [0.3, 0.4) is 0 Å². The molecule has 2 aliphatic heterocycles. The van der Waals surface area contributed by atoms with Crippen molar-refractivity contribution in [2.24, 2.45) is 5.92 Å². The molecule has 0 amide bonds. The molecule has 0 radical (unpaired) electrons. The molecule has 4 heteroatoms. The molecule has 0 spiro atoms. The second-order valence-corrected chi connectivity index (χ2v) is 4.47. The summed E-state index contributed by atoms with van der Waals surface area (Å²) in [5.41, 5.74) is 0. The summed E-state index contributed by atoms with van der Waals surface area (Å²) in [4.78, 5) is 0.